The maximum Gasteiger partial charge on any atom is 0.269 e. The van der Waals surface area contributed by atoms with Gasteiger partial charge in [0.1, 0.15) is 0 Å². The van der Waals surface area contributed by atoms with Crippen LogP contribution in [0, 0.1) is 16.0 Å². The van der Waals surface area contributed by atoms with Crippen molar-refractivity contribution in [3.8, 4) is 0 Å². The van der Waals surface area contributed by atoms with Crippen LogP contribution in [0.25, 0.3) is 0 Å². The second-order valence-electron chi connectivity index (χ2n) is 4.90. The Bertz CT molecular complexity index is 476. The van der Waals surface area contributed by atoms with Crippen LogP contribution in [-0.4, -0.2) is 23.3 Å². The highest BCUT2D eigenvalue weighted by Gasteiger charge is 2.24. The number of nitrogens with zero attached hydrogens (tertiary/aromatic N) is 2. The lowest BCUT2D eigenvalue weighted by Gasteiger charge is -2.26. The molecule has 116 valence electrons. The number of anilines is 1. The predicted octanol–water partition coefficient (Wildman–Crippen LogP) is 3.99. The highest BCUT2D eigenvalue weighted by Crippen LogP contribution is 2.23. The van der Waals surface area contributed by atoms with E-state index < -0.39 is 4.92 Å². The average molecular weight is 313 g/mol. The number of hydrogen-bond acceptors (Lipinski definition) is 3. The van der Waals surface area contributed by atoms with Gasteiger partial charge < -0.3 is 4.90 Å². The van der Waals surface area contributed by atoms with Crippen molar-refractivity contribution in [3.05, 3.63) is 34.4 Å². The van der Waals surface area contributed by atoms with E-state index in [0.717, 1.165) is 19.3 Å². The van der Waals surface area contributed by atoms with Gasteiger partial charge in [-0.05, 0) is 25.0 Å². The molecule has 1 amide bonds. The van der Waals surface area contributed by atoms with E-state index in [4.69, 9.17) is 11.6 Å². The minimum atomic E-state index is -0.450. The summed E-state index contributed by atoms with van der Waals surface area (Å²) in [4.78, 5) is 24.5. The number of alkyl halides is 1. The number of carbonyl (C=O) groups excluding carboxylic acids is 1. The van der Waals surface area contributed by atoms with E-state index >= 15 is 0 Å². The molecule has 0 aliphatic heterocycles. The second-order valence-corrected chi connectivity index (χ2v) is 5.21. The maximum absolute atomic E-state index is 12.6. The maximum atomic E-state index is 12.6. The number of amides is 1. The number of hydrogen-bond donors (Lipinski definition) is 0. The molecular formula is C15H21ClN2O3. The highest BCUT2D eigenvalue weighted by molar-refractivity contribution is 6.19. The lowest BCUT2D eigenvalue weighted by atomic mass is 10.0. The largest absolute Gasteiger partial charge is 0.312 e. The van der Waals surface area contributed by atoms with Crippen LogP contribution in [0.4, 0.5) is 11.4 Å². The van der Waals surface area contributed by atoms with Gasteiger partial charge in [-0.25, -0.2) is 0 Å². The summed E-state index contributed by atoms with van der Waals surface area (Å²) in [7, 11) is 0. The normalized spacial score (nSPS) is 12.0. The topological polar surface area (TPSA) is 63.5 Å². The molecule has 21 heavy (non-hydrogen) atoms. The molecule has 6 heteroatoms. The molecular weight excluding hydrogens is 292 g/mol. The highest BCUT2D eigenvalue weighted by atomic mass is 35.5. The molecule has 0 N–H and O–H groups in total. The molecule has 0 saturated heterocycles. The minimum absolute atomic E-state index is 0.0115. The summed E-state index contributed by atoms with van der Waals surface area (Å²) >= 11 is 5.90. The van der Waals surface area contributed by atoms with Crippen LogP contribution in [-0.2, 0) is 4.79 Å². The predicted molar refractivity (Wildman–Crippen MR) is 84.9 cm³/mol. The van der Waals surface area contributed by atoms with Crippen molar-refractivity contribution in [1.82, 2.24) is 0 Å². The first-order valence-corrected chi connectivity index (χ1v) is 7.70. The van der Waals surface area contributed by atoms with Crippen LogP contribution >= 0.6 is 11.6 Å². The van der Waals surface area contributed by atoms with Crippen molar-refractivity contribution in [2.24, 2.45) is 5.92 Å². The van der Waals surface area contributed by atoms with Crippen LogP contribution < -0.4 is 4.90 Å². The number of nitro groups is 1. The molecule has 0 aliphatic carbocycles. The van der Waals surface area contributed by atoms with E-state index in [1.54, 1.807) is 17.0 Å². The average Bonchev–Trinajstić information content (AvgIpc) is 2.49. The molecule has 0 aromatic heterocycles. The number of halogens is 1. The lowest BCUT2D eigenvalue weighted by molar-refractivity contribution is -0.384. The lowest BCUT2D eigenvalue weighted by Crippen LogP contribution is -2.37. The van der Waals surface area contributed by atoms with Gasteiger partial charge in [0, 0.05) is 30.2 Å². The van der Waals surface area contributed by atoms with Gasteiger partial charge in [0.2, 0.25) is 5.91 Å². The first-order valence-electron chi connectivity index (χ1n) is 7.16. The van der Waals surface area contributed by atoms with Gasteiger partial charge >= 0.3 is 0 Å². The number of nitro benzene ring substituents is 1. The quantitative estimate of drug-likeness (QED) is 0.414. The number of non-ortho nitro benzene ring substituents is 1. The molecule has 1 atom stereocenters. The Morgan fingerprint density at radius 3 is 2.33 bits per heavy atom. The van der Waals surface area contributed by atoms with Gasteiger partial charge in [0.15, 0.2) is 0 Å². The molecule has 0 saturated carbocycles. The summed E-state index contributed by atoms with van der Waals surface area (Å²) in [5.41, 5.74) is 0.698. The van der Waals surface area contributed by atoms with Crippen molar-refractivity contribution in [2.75, 3.05) is 17.3 Å². The zero-order valence-corrected chi connectivity index (χ0v) is 13.2. The summed E-state index contributed by atoms with van der Waals surface area (Å²) in [6.07, 6.45) is 2.45. The summed E-state index contributed by atoms with van der Waals surface area (Å²) in [5, 5.41) is 10.7. The molecule has 1 aromatic carbocycles. The van der Waals surface area contributed by atoms with Crippen molar-refractivity contribution >= 4 is 28.9 Å². The Labute approximate surface area is 130 Å². The summed E-state index contributed by atoms with van der Waals surface area (Å²) in [5.74, 6) is 0.0702. The Kier molecular flexibility index (Phi) is 7.15. The molecule has 0 fully saturated rings. The monoisotopic (exact) mass is 312 g/mol. The van der Waals surface area contributed by atoms with E-state index in [1.165, 1.54) is 12.1 Å². The van der Waals surface area contributed by atoms with E-state index in [1.807, 2.05) is 13.8 Å². The number of rotatable bonds is 8. The number of carbonyl (C=O) groups is 1. The van der Waals surface area contributed by atoms with Crippen molar-refractivity contribution < 1.29 is 9.72 Å². The van der Waals surface area contributed by atoms with Crippen molar-refractivity contribution in [3.63, 3.8) is 0 Å². The van der Waals surface area contributed by atoms with Crippen LogP contribution in [0.5, 0.6) is 0 Å². The van der Waals surface area contributed by atoms with Crippen LogP contribution in [0.1, 0.15) is 33.1 Å². The SMILES string of the molecule is CCCC(CCl)C(=O)N(CCC)c1ccc([N+](=O)[O-])cc1. The van der Waals surface area contributed by atoms with E-state index in [-0.39, 0.29) is 17.5 Å². The summed E-state index contributed by atoms with van der Waals surface area (Å²) in [6.45, 7) is 4.58. The Morgan fingerprint density at radius 1 is 1.29 bits per heavy atom. The van der Waals surface area contributed by atoms with E-state index in [0.29, 0.717) is 18.1 Å². The fraction of sp³-hybridized carbons (Fsp3) is 0.533. The van der Waals surface area contributed by atoms with Gasteiger partial charge in [-0.2, -0.15) is 0 Å². The third-order valence-electron chi connectivity index (χ3n) is 3.26. The summed E-state index contributed by atoms with van der Waals surface area (Å²) < 4.78 is 0. The third-order valence-corrected chi connectivity index (χ3v) is 3.63. The van der Waals surface area contributed by atoms with Crippen LogP contribution in [0.2, 0.25) is 0 Å². The molecule has 1 rings (SSSR count). The third kappa shape index (κ3) is 4.70. The Morgan fingerprint density at radius 2 is 1.90 bits per heavy atom. The second kappa shape index (κ2) is 8.62. The van der Waals surface area contributed by atoms with Gasteiger partial charge in [0.05, 0.1) is 10.8 Å². The molecule has 1 aromatic rings. The fourth-order valence-electron chi connectivity index (χ4n) is 2.18. The number of benzene rings is 1. The van der Waals surface area contributed by atoms with E-state index in [2.05, 4.69) is 0 Å². The first-order chi connectivity index (χ1) is 10.0. The Hall–Kier alpha value is -1.62. The van der Waals surface area contributed by atoms with Crippen LogP contribution in [0.3, 0.4) is 0 Å². The Balaban J connectivity index is 2.99. The molecule has 0 spiro atoms. The zero-order valence-electron chi connectivity index (χ0n) is 12.4. The van der Waals surface area contributed by atoms with E-state index in [9.17, 15) is 14.9 Å². The van der Waals surface area contributed by atoms with Crippen molar-refractivity contribution in [2.45, 2.75) is 33.1 Å². The zero-order chi connectivity index (χ0) is 15.8. The molecule has 0 bridgehead atoms. The molecule has 5 nitrogen and oxygen atoms in total. The van der Waals surface area contributed by atoms with Gasteiger partial charge in [-0.1, -0.05) is 20.3 Å². The molecule has 0 radical (unpaired) electrons. The van der Waals surface area contributed by atoms with Gasteiger partial charge in [-0.15, -0.1) is 11.6 Å². The summed E-state index contributed by atoms with van der Waals surface area (Å²) in [6, 6.07) is 6.06. The van der Waals surface area contributed by atoms with Crippen LogP contribution in [0.15, 0.2) is 24.3 Å². The van der Waals surface area contributed by atoms with Gasteiger partial charge in [-0.3, -0.25) is 14.9 Å². The van der Waals surface area contributed by atoms with Gasteiger partial charge in [0.25, 0.3) is 5.69 Å². The minimum Gasteiger partial charge on any atom is -0.312 e. The molecule has 1 unspecified atom stereocenters. The fourth-order valence-corrected chi connectivity index (χ4v) is 2.47. The standard InChI is InChI=1S/C15H21ClN2O3/c1-3-5-12(11-16)15(19)17(10-4-2)13-6-8-14(9-7-13)18(20)21/h6-9,12H,3-5,10-11H2,1-2H3. The smallest absolute Gasteiger partial charge is 0.269 e. The molecule has 0 aliphatic rings. The van der Waals surface area contributed by atoms with Crippen molar-refractivity contribution in [1.29, 1.82) is 0 Å². The first kappa shape index (κ1) is 17.4. The molecule has 0 heterocycles.